The maximum atomic E-state index is 11.7. The number of primary amides is 1. The Labute approximate surface area is 146 Å². The number of rotatable bonds is 4. The van der Waals surface area contributed by atoms with Crippen LogP contribution in [0.3, 0.4) is 0 Å². The van der Waals surface area contributed by atoms with Crippen LogP contribution < -0.4 is 11.1 Å². The number of benzene rings is 1. The first-order valence-electron chi connectivity index (χ1n) is 7.58. The van der Waals surface area contributed by atoms with Crippen LogP contribution in [0, 0.1) is 11.8 Å². The fourth-order valence-electron chi connectivity index (χ4n) is 1.77. The first kappa shape index (κ1) is 20.0. The molecular formula is C18H22N2O5. The standard InChI is InChI=1S/C18H22N2O5/c1-18(2,3)25-17(23)20-14(15(19)21)10-6-8-12-7-5-9-13(11-12)16(22)24-4/h5,7,9,11,14H,10H2,1-4H3,(H2,19,21)(H,20,23)/t14-/m0/s1. The summed E-state index contributed by atoms with van der Waals surface area (Å²) in [5, 5.41) is 2.39. The van der Waals surface area contributed by atoms with Crippen LogP contribution in [0.2, 0.25) is 0 Å². The number of esters is 1. The van der Waals surface area contributed by atoms with Gasteiger partial charge in [-0.3, -0.25) is 4.79 Å². The zero-order valence-electron chi connectivity index (χ0n) is 14.7. The van der Waals surface area contributed by atoms with Crippen molar-refractivity contribution in [2.75, 3.05) is 7.11 Å². The Balaban J connectivity index is 2.76. The predicted molar refractivity (Wildman–Crippen MR) is 91.6 cm³/mol. The lowest BCUT2D eigenvalue weighted by Gasteiger charge is -2.21. The average molecular weight is 346 g/mol. The van der Waals surface area contributed by atoms with Crippen LogP contribution >= 0.6 is 0 Å². The SMILES string of the molecule is COC(=O)c1cccc(C#CC[C@H](NC(=O)OC(C)(C)C)C(N)=O)c1. The monoisotopic (exact) mass is 346 g/mol. The highest BCUT2D eigenvalue weighted by Gasteiger charge is 2.21. The highest BCUT2D eigenvalue weighted by atomic mass is 16.6. The molecule has 0 radical (unpaired) electrons. The maximum absolute atomic E-state index is 11.7. The molecule has 0 aliphatic rings. The highest BCUT2D eigenvalue weighted by molar-refractivity contribution is 5.89. The van der Waals surface area contributed by atoms with E-state index < -0.39 is 29.6 Å². The first-order valence-corrected chi connectivity index (χ1v) is 7.58. The molecule has 0 aromatic heterocycles. The van der Waals surface area contributed by atoms with Crippen LogP contribution in [-0.2, 0) is 14.3 Å². The van der Waals surface area contributed by atoms with Crippen LogP contribution in [0.1, 0.15) is 43.1 Å². The van der Waals surface area contributed by atoms with Gasteiger partial charge in [-0.1, -0.05) is 17.9 Å². The van der Waals surface area contributed by atoms with Gasteiger partial charge in [0, 0.05) is 12.0 Å². The molecule has 0 aliphatic heterocycles. The Morgan fingerprint density at radius 3 is 2.52 bits per heavy atom. The van der Waals surface area contributed by atoms with E-state index in [1.807, 2.05) is 0 Å². The van der Waals surface area contributed by atoms with E-state index in [-0.39, 0.29) is 6.42 Å². The summed E-state index contributed by atoms with van der Waals surface area (Å²) in [7, 11) is 1.29. The molecule has 7 heteroatoms. The third kappa shape index (κ3) is 7.40. The minimum atomic E-state index is -0.980. The first-order chi connectivity index (χ1) is 11.6. The summed E-state index contributed by atoms with van der Waals surface area (Å²) in [5.74, 6) is 4.39. The minimum Gasteiger partial charge on any atom is -0.465 e. The molecule has 3 N–H and O–H groups in total. The van der Waals surface area contributed by atoms with Crippen molar-refractivity contribution in [2.45, 2.75) is 38.8 Å². The summed E-state index contributed by atoms with van der Waals surface area (Å²) in [4.78, 5) is 34.6. The zero-order chi connectivity index (χ0) is 19.0. The topological polar surface area (TPSA) is 108 Å². The third-order valence-electron chi connectivity index (χ3n) is 2.86. The number of methoxy groups -OCH3 is 1. The van der Waals surface area contributed by atoms with Gasteiger partial charge < -0.3 is 20.5 Å². The van der Waals surface area contributed by atoms with Gasteiger partial charge in [-0.25, -0.2) is 9.59 Å². The largest absolute Gasteiger partial charge is 0.465 e. The summed E-state index contributed by atoms with van der Waals surface area (Å²) < 4.78 is 9.72. The number of carbonyl (C=O) groups excluding carboxylic acids is 3. The molecule has 0 spiro atoms. The van der Waals surface area contributed by atoms with Crippen molar-refractivity contribution in [3.8, 4) is 11.8 Å². The lowest BCUT2D eigenvalue weighted by molar-refractivity contribution is -0.119. The van der Waals surface area contributed by atoms with Crippen LogP contribution in [0.5, 0.6) is 0 Å². The molecule has 0 bridgehead atoms. The fraction of sp³-hybridized carbons (Fsp3) is 0.389. The molecular weight excluding hydrogens is 324 g/mol. The molecule has 0 unspecified atom stereocenters. The number of nitrogens with two attached hydrogens (primary N) is 1. The fourth-order valence-corrected chi connectivity index (χ4v) is 1.77. The van der Waals surface area contributed by atoms with Gasteiger partial charge in [0.25, 0.3) is 0 Å². The van der Waals surface area contributed by atoms with Crippen molar-refractivity contribution in [3.05, 3.63) is 35.4 Å². The van der Waals surface area contributed by atoms with Crippen LogP contribution in [-0.4, -0.2) is 36.7 Å². The Morgan fingerprint density at radius 2 is 1.96 bits per heavy atom. The highest BCUT2D eigenvalue weighted by Crippen LogP contribution is 2.08. The van der Waals surface area contributed by atoms with Gasteiger partial charge in [0.15, 0.2) is 0 Å². The van der Waals surface area contributed by atoms with E-state index >= 15 is 0 Å². The van der Waals surface area contributed by atoms with Crippen molar-refractivity contribution >= 4 is 18.0 Å². The van der Waals surface area contributed by atoms with Gasteiger partial charge in [0.1, 0.15) is 11.6 Å². The number of hydrogen-bond acceptors (Lipinski definition) is 5. The van der Waals surface area contributed by atoms with E-state index in [9.17, 15) is 14.4 Å². The molecule has 1 aromatic carbocycles. The number of hydrogen-bond donors (Lipinski definition) is 2. The zero-order valence-corrected chi connectivity index (χ0v) is 14.7. The summed E-state index contributed by atoms with van der Waals surface area (Å²) in [5.41, 5.74) is 5.52. The number of alkyl carbamates (subject to hydrolysis) is 1. The van der Waals surface area contributed by atoms with Gasteiger partial charge in [-0.2, -0.15) is 0 Å². The molecule has 0 heterocycles. The van der Waals surface area contributed by atoms with Gasteiger partial charge in [-0.05, 0) is 39.0 Å². The third-order valence-corrected chi connectivity index (χ3v) is 2.86. The molecule has 1 atom stereocenters. The maximum Gasteiger partial charge on any atom is 0.408 e. The summed E-state index contributed by atoms with van der Waals surface area (Å²) in [6, 6.07) is 5.57. The van der Waals surface area contributed by atoms with Crippen molar-refractivity contribution in [1.29, 1.82) is 0 Å². The predicted octanol–water partition coefficient (Wildman–Crippen LogP) is 1.59. The smallest absolute Gasteiger partial charge is 0.408 e. The number of ether oxygens (including phenoxy) is 2. The quantitative estimate of drug-likeness (QED) is 0.636. The van der Waals surface area contributed by atoms with Crippen LogP contribution in [0.15, 0.2) is 24.3 Å². The summed E-state index contributed by atoms with van der Waals surface area (Å²) in [6.45, 7) is 5.12. The molecule has 25 heavy (non-hydrogen) atoms. The van der Waals surface area contributed by atoms with Gasteiger partial charge in [0.2, 0.25) is 5.91 Å². The summed E-state index contributed by atoms with van der Waals surface area (Å²) in [6.07, 6.45) is -0.734. The Bertz CT molecular complexity index is 710. The van der Waals surface area contributed by atoms with Crippen molar-refractivity contribution in [1.82, 2.24) is 5.32 Å². The molecule has 2 amide bonds. The van der Waals surface area contributed by atoms with Crippen molar-refractivity contribution in [2.24, 2.45) is 5.73 Å². The Morgan fingerprint density at radius 1 is 1.28 bits per heavy atom. The molecule has 0 fully saturated rings. The van der Waals surface area contributed by atoms with E-state index in [4.69, 9.17) is 10.5 Å². The van der Waals surface area contributed by atoms with E-state index in [0.717, 1.165) is 0 Å². The second-order valence-corrected chi connectivity index (χ2v) is 6.18. The van der Waals surface area contributed by atoms with Gasteiger partial charge in [0.05, 0.1) is 12.7 Å². The van der Waals surface area contributed by atoms with Gasteiger partial charge in [-0.15, -0.1) is 0 Å². The van der Waals surface area contributed by atoms with Crippen LogP contribution in [0.25, 0.3) is 0 Å². The molecule has 134 valence electrons. The van der Waals surface area contributed by atoms with Crippen molar-refractivity contribution < 1.29 is 23.9 Å². The second kappa shape index (κ2) is 8.73. The number of amides is 2. The number of nitrogens with one attached hydrogen (secondary N) is 1. The minimum absolute atomic E-state index is 0.0109. The summed E-state index contributed by atoms with van der Waals surface area (Å²) >= 11 is 0. The average Bonchev–Trinajstić information content (AvgIpc) is 2.51. The van der Waals surface area contributed by atoms with E-state index in [1.165, 1.54) is 7.11 Å². The molecule has 7 nitrogen and oxygen atoms in total. The van der Waals surface area contributed by atoms with Crippen LogP contribution in [0.4, 0.5) is 4.79 Å². The Kier molecular flexibility index (Phi) is 7.00. The van der Waals surface area contributed by atoms with Gasteiger partial charge >= 0.3 is 12.1 Å². The van der Waals surface area contributed by atoms with E-state index in [2.05, 4.69) is 21.9 Å². The number of carbonyl (C=O) groups is 3. The molecule has 1 aromatic rings. The second-order valence-electron chi connectivity index (χ2n) is 6.18. The van der Waals surface area contributed by atoms with Crippen molar-refractivity contribution in [3.63, 3.8) is 0 Å². The van der Waals surface area contributed by atoms with E-state index in [1.54, 1.807) is 45.0 Å². The molecule has 0 saturated carbocycles. The molecule has 1 rings (SSSR count). The molecule has 0 saturated heterocycles. The lowest BCUT2D eigenvalue weighted by Crippen LogP contribution is -2.46. The normalized spacial score (nSPS) is 11.5. The Hall–Kier alpha value is -3.01. The lowest BCUT2D eigenvalue weighted by atomic mass is 10.1. The molecule has 0 aliphatic carbocycles. The van der Waals surface area contributed by atoms with E-state index in [0.29, 0.717) is 11.1 Å².